The summed E-state index contributed by atoms with van der Waals surface area (Å²) in [5.41, 5.74) is 3.45. The molecule has 4 nitrogen and oxygen atoms in total. The topological polar surface area (TPSA) is 42.2 Å². The molecule has 1 aliphatic carbocycles. The van der Waals surface area contributed by atoms with Crippen LogP contribution in [0.4, 0.5) is 5.69 Å². The number of carbonyl (C=O) groups is 1. The van der Waals surface area contributed by atoms with E-state index >= 15 is 0 Å². The van der Waals surface area contributed by atoms with Gasteiger partial charge in [0.1, 0.15) is 5.75 Å². The standard InChI is InChI=1S/C23H22N2O2/c26-23(17-25-15-14-18-8-4-5-9-19(18)16-25)24-21-12-6-7-13-22(21)27-20-10-2-1-3-11-20/h1-3,6-7,10-16H,4-5,8-9,17H2/p+1. The van der Waals surface area contributed by atoms with Gasteiger partial charge in [0.05, 0.1) is 5.69 Å². The van der Waals surface area contributed by atoms with Crippen molar-refractivity contribution in [3.05, 3.63) is 84.2 Å². The van der Waals surface area contributed by atoms with Gasteiger partial charge in [-0.05, 0) is 55.5 Å². The molecule has 2 aromatic carbocycles. The van der Waals surface area contributed by atoms with Crippen molar-refractivity contribution in [3.63, 3.8) is 0 Å². The van der Waals surface area contributed by atoms with Crippen LogP contribution in [0, 0.1) is 0 Å². The van der Waals surface area contributed by atoms with Crippen LogP contribution in [0.15, 0.2) is 73.1 Å². The molecule has 136 valence electrons. The molecule has 0 spiro atoms. The summed E-state index contributed by atoms with van der Waals surface area (Å²) in [6, 6.07) is 19.2. The van der Waals surface area contributed by atoms with Crippen LogP contribution in [0.25, 0.3) is 0 Å². The number of fused-ring (bicyclic) bond motifs is 1. The van der Waals surface area contributed by atoms with Crippen LogP contribution in [0.3, 0.4) is 0 Å². The van der Waals surface area contributed by atoms with E-state index in [0.29, 0.717) is 11.4 Å². The van der Waals surface area contributed by atoms with Gasteiger partial charge in [-0.2, -0.15) is 4.57 Å². The number of ether oxygens (including phenoxy) is 1. The van der Waals surface area contributed by atoms with Crippen LogP contribution in [0.1, 0.15) is 24.0 Å². The van der Waals surface area contributed by atoms with Gasteiger partial charge in [-0.3, -0.25) is 4.79 Å². The number of pyridine rings is 1. The Morgan fingerprint density at radius 3 is 2.52 bits per heavy atom. The van der Waals surface area contributed by atoms with Gasteiger partial charge in [0, 0.05) is 11.6 Å². The average Bonchev–Trinajstić information content (AvgIpc) is 2.70. The number of benzene rings is 2. The highest BCUT2D eigenvalue weighted by molar-refractivity contribution is 5.91. The maximum atomic E-state index is 12.6. The second kappa shape index (κ2) is 8.04. The number of nitrogens with zero attached hydrogens (tertiary/aromatic N) is 1. The van der Waals surface area contributed by atoms with E-state index < -0.39 is 0 Å². The van der Waals surface area contributed by atoms with E-state index in [1.165, 1.54) is 24.0 Å². The van der Waals surface area contributed by atoms with Crippen molar-refractivity contribution in [2.75, 3.05) is 5.32 Å². The maximum Gasteiger partial charge on any atom is 0.290 e. The van der Waals surface area contributed by atoms with Crippen LogP contribution in [-0.2, 0) is 24.2 Å². The first-order valence-corrected chi connectivity index (χ1v) is 9.40. The van der Waals surface area contributed by atoms with Gasteiger partial charge in [-0.25, -0.2) is 0 Å². The maximum absolute atomic E-state index is 12.6. The lowest BCUT2D eigenvalue weighted by Crippen LogP contribution is -2.40. The van der Waals surface area contributed by atoms with E-state index in [4.69, 9.17) is 4.74 Å². The summed E-state index contributed by atoms with van der Waals surface area (Å²) < 4.78 is 7.87. The lowest BCUT2D eigenvalue weighted by molar-refractivity contribution is -0.684. The highest BCUT2D eigenvalue weighted by Gasteiger charge is 2.17. The minimum atomic E-state index is -0.0696. The fraction of sp³-hybridized carbons (Fsp3) is 0.217. The number of aryl methyl sites for hydroxylation is 2. The molecule has 1 heterocycles. The lowest BCUT2D eigenvalue weighted by atomic mass is 9.93. The zero-order chi connectivity index (χ0) is 18.5. The van der Waals surface area contributed by atoms with Crippen molar-refractivity contribution in [2.24, 2.45) is 0 Å². The van der Waals surface area contributed by atoms with Gasteiger partial charge in [0.15, 0.2) is 18.1 Å². The SMILES string of the molecule is O=C(C[n+]1ccc2c(c1)CCCC2)Nc1ccccc1Oc1ccccc1. The Kier molecular flexibility index (Phi) is 5.15. The second-order valence-electron chi connectivity index (χ2n) is 6.83. The van der Waals surface area contributed by atoms with E-state index in [1.54, 1.807) is 0 Å². The van der Waals surface area contributed by atoms with Gasteiger partial charge in [-0.1, -0.05) is 30.3 Å². The van der Waals surface area contributed by atoms with Gasteiger partial charge in [0.25, 0.3) is 5.91 Å². The first-order chi connectivity index (χ1) is 13.3. The zero-order valence-electron chi connectivity index (χ0n) is 15.2. The lowest BCUT2D eigenvalue weighted by Gasteiger charge is -2.14. The monoisotopic (exact) mass is 359 g/mol. The van der Waals surface area contributed by atoms with Crippen molar-refractivity contribution in [1.29, 1.82) is 0 Å². The minimum Gasteiger partial charge on any atom is -0.455 e. The molecule has 0 aliphatic heterocycles. The van der Waals surface area contributed by atoms with E-state index in [9.17, 15) is 4.79 Å². The number of hydrogen-bond acceptors (Lipinski definition) is 2. The van der Waals surface area contributed by atoms with Crippen LogP contribution < -0.4 is 14.6 Å². The van der Waals surface area contributed by atoms with Crippen LogP contribution in [-0.4, -0.2) is 5.91 Å². The number of amides is 1. The van der Waals surface area contributed by atoms with Crippen molar-refractivity contribution in [3.8, 4) is 11.5 Å². The Bertz CT molecular complexity index is 938. The molecule has 0 unspecified atom stereocenters. The highest BCUT2D eigenvalue weighted by Crippen LogP contribution is 2.29. The molecule has 1 N–H and O–H groups in total. The van der Waals surface area contributed by atoms with Crippen molar-refractivity contribution in [2.45, 2.75) is 32.2 Å². The van der Waals surface area contributed by atoms with E-state index in [-0.39, 0.29) is 12.5 Å². The summed E-state index contributed by atoms with van der Waals surface area (Å²) in [6.45, 7) is 0.285. The van der Waals surface area contributed by atoms with Crippen molar-refractivity contribution in [1.82, 2.24) is 0 Å². The fourth-order valence-electron chi connectivity index (χ4n) is 3.45. The van der Waals surface area contributed by atoms with E-state index in [1.807, 2.05) is 65.4 Å². The number of nitrogens with one attached hydrogen (secondary N) is 1. The molecule has 0 saturated heterocycles. The molecule has 27 heavy (non-hydrogen) atoms. The number of para-hydroxylation sites is 3. The molecule has 4 heteroatoms. The van der Waals surface area contributed by atoms with Gasteiger partial charge in [-0.15, -0.1) is 0 Å². The third-order valence-electron chi connectivity index (χ3n) is 4.80. The minimum absolute atomic E-state index is 0.0696. The largest absolute Gasteiger partial charge is 0.455 e. The predicted molar refractivity (Wildman–Crippen MR) is 105 cm³/mol. The quantitative estimate of drug-likeness (QED) is 0.691. The molecule has 0 atom stereocenters. The number of anilines is 1. The predicted octanol–water partition coefficient (Wildman–Crippen LogP) is 4.28. The Balaban J connectivity index is 1.45. The van der Waals surface area contributed by atoms with Crippen LogP contribution in [0.5, 0.6) is 11.5 Å². The Hall–Kier alpha value is -3.14. The normalized spacial score (nSPS) is 12.9. The first-order valence-electron chi connectivity index (χ1n) is 9.40. The molecule has 1 aromatic heterocycles. The summed E-state index contributed by atoms with van der Waals surface area (Å²) in [5, 5.41) is 2.97. The number of carbonyl (C=O) groups excluding carboxylic acids is 1. The summed E-state index contributed by atoms with van der Waals surface area (Å²) in [7, 11) is 0. The van der Waals surface area contributed by atoms with E-state index in [2.05, 4.69) is 17.6 Å². The zero-order valence-corrected chi connectivity index (χ0v) is 15.2. The smallest absolute Gasteiger partial charge is 0.290 e. The molecule has 1 aliphatic rings. The Morgan fingerprint density at radius 2 is 1.67 bits per heavy atom. The Morgan fingerprint density at radius 1 is 0.926 bits per heavy atom. The summed E-state index contributed by atoms with van der Waals surface area (Å²) in [6.07, 6.45) is 8.85. The van der Waals surface area contributed by atoms with Crippen molar-refractivity contribution < 1.29 is 14.1 Å². The summed E-state index contributed by atoms with van der Waals surface area (Å²) in [4.78, 5) is 12.6. The highest BCUT2D eigenvalue weighted by atomic mass is 16.5. The van der Waals surface area contributed by atoms with E-state index in [0.717, 1.165) is 18.6 Å². The van der Waals surface area contributed by atoms with Crippen LogP contribution >= 0.6 is 0 Å². The molecule has 3 aromatic rings. The second-order valence-corrected chi connectivity index (χ2v) is 6.83. The van der Waals surface area contributed by atoms with Gasteiger partial charge < -0.3 is 10.1 Å². The third-order valence-corrected chi connectivity index (χ3v) is 4.80. The third kappa shape index (κ3) is 4.34. The fourth-order valence-corrected chi connectivity index (χ4v) is 3.45. The van der Waals surface area contributed by atoms with Gasteiger partial charge in [0.2, 0.25) is 6.54 Å². The Labute approximate surface area is 159 Å². The molecule has 0 radical (unpaired) electrons. The number of hydrogen-bond donors (Lipinski definition) is 1. The molecule has 0 saturated carbocycles. The molecular formula is C23H23N2O2+. The summed E-state index contributed by atoms with van der Waals surface area (Å²) in [5.74, 6) is 1.30. The molecule has 1 amide bonds. The molecular weight excluding hydrogens is 336 g/mol. The van der Waals surface area contributed by atoms with Crippen molar-refractivity contribution >= 4 is 11.6 Å². The molecule has 0 bridgehead atoms. The molecule has 0 fully saturated rings. The number of rotatable bonds is 5. The summed E-state index contributed by atoms with van der Waals surface area (Å²) >= 11 is 0. The first kappa shape index (κ1) is 17.3. The molecule has 4 rings (SSSR count). The van der Waals surface area contributed by atoms with Gasteiger partial charge >= 0.3 is 0 Å². The average molecular weight is 359 g/mol. The number of aromatic nitrogens is 1. The van der Waals surface area contributed by atoms with Crippen LogP contribution in [0.2, 0.25) is 0 Å².